The zero-order valence-corrected chi connectivity index (χ0v) is 19.4. The minimum atomic E-state index is -3.14. The van der Waals surface area contributed by atoms with Crippen LogP contribution in [0.1, 0.15) is 16.7 Å². The number of guanidine groups is 1. The van der Waals surface area contributed by atoms with E-state index in [-0.39, 0.29) is 24.0 Å². The first kappa shape index (κ1) is 23.4. The average molecular weight is 501 g/mol. The lowest BCUT2D eigenvalue weighted by molar-refractivity contribution is 0.477. The van der Waals surface area contributed by atoms with Crippen LogP contribution in [0, 0.1) is 6.92 Å². The van der Waals surface area contributed by atoms with Crippen LogP contribution in [-0.4, -0.2) is 46.2 Å². The fraction of sp³-hybridized carbons (Fsp3) is 0.350. The first-order valence-electron chi connectivity index (χ1n) is 8.56. The largest absolute Gasteiger partial charge is 0.356 e. The van der Waals surface area contributed by atoms with E-state index >= 15 is 0 Å². The maximum absolute atomic E-state index is 11.5. The molecular weight excluding hydrogens is 473 g/mol. The second-order valence-electron chi connectivity index (χ2n) is 6.48. The number of hydrogen-bond acceptors (Lipinski definition) is 3. The molecule has 0 aliphatic rings. The number of halogens is 1. The summed E-state index contributed by atoms with van der Waals surface area (Å²) in [6, 6.07) is 15.5. The van der Waals surface area contributed by atoms with Crippen molar-refractivity contribution < 1.29 is 8.42 Å². The van der Waals surface area contributed by atoms with Gasteiger partial charge >= 0.3 is 0 Å². The molecule has 2 aromatic rings. The van der Waals surface area contributed by atoms with Crippen LogP contribution in [0.2, 0.25) is 0 Å². The SMILES string of the molecule is CN=C(NCCc1ccc(S(C)(=O)=O)cc1)N(C)Cc1ccc(C)cc1.I. The van der Waals surface area contributed by atoms with Gasteiger partial charge < -0.3 is 10.2 Å². The number of hydrogen-bond donors (Lipinski definition) is 1. The van der Waals surface area contributed by atoms with Crippen LogP contribution in [-0.2, 0) is 22.8 Å². The second kappa shape index (κ2) is 10.7. The Balaban J connectivity index is 0.00000364. The van der Waals surface area contributed by atoms with Crippen molar-refractivity contribution in [1.82, 2.24) is 10.2 Å². The Hall–Kier alpha value is -1.61. The number of aliphatic imine (C=N–C) groups is 1. The quantitative estimate of drug-likeness (QED) is 0.375. The summed E-state index contributed by atoms with van der Waals surface area (Å²) < 4.78 is 23.0. The van der Waals surface area contributed by atoms with Gasteiger partial charge in [-0.25, -0.2) is 8.42 Å². The molecule has 0 amide bonds. The van der Waals surface area contributed by atoms with Crippen LogP contribution in [0.4, 0.5) is 0 Å². The van der Waals surface area contributed by atoms with Crippen molar-refractivity contribution >= 4 is 39.8 Å². The zero-order valence-electron chi connectivity index (χ0n) is 16.3. The van der Waals surface area contributed by atoms with E-state index < -0.39 is 9.84 Å². The molecule has 0 saturated carbocycles. The van der Waals surface area contributed by atoms with Gasteiger partial charge in [0.2, 0.25) is 0 Å². The number of nitrogens with one attached hydrogen (secondary N) is 1. The molecule has 0 bridgehead atoms. The highest BCUT2D eigenvalue weighted by atomic mass is 127. The molecule has 27 heavy (non-hydrogen) atoms. The van der Waals surface area contributed by atoms with Crippen molar-refractivity contribution in [2.75, 3.05) is 26.9 Å². The topological polar surface area (TPSA) is 61.8 Å². The Morgan fingerprint density at radius 1 is 1.04 bits per heavy atom. The van der Waals surface area contributed by atoms with Gasteiger partial charge in [-0.2, -0.15) is 0 Å². The van der Waals surface area contributed by atoms with E-state index in [0.717, 1.165) is 31.0 Å². The van der Waals surface area contributed by atoms with Gasteiger partial charge in [0, 0.05) is 33.4 Å². The summed E-state index contributed by atoms with van der Waals surface area (Å²) in [7, 11) is 0.640. The molecule has 0 aromatic heterocycles. The molecule has 0 aliphatic carbocycles. The lowest BCUT2D eigenvalue weighted by Crippen LogP contribution is -2.39. The summed E-state index contributed by atoms with van der Waals surface area (Å²) in [4.78, 5) is 6.76. The third-order valence-electron chi connectivity index (χ3n) is 4.16. The molecule has 0 atom stereocenters. The minimum Gasteiger partial charge on any atom is -0.356 e. The van der Waals surface area contributed by atoms with Crippen LogP contribution in [0.25, 0.3) is 0 Å². The summed E-state index contributed by atoms with van der Waals surface area (Å²) in [6.45, 7) is 3.59. The summed E-state index contributed by atoms with van der Waals surface area (Å²) in [5, 5.41) is 3.35. The molecule has 0 saturated heterocycles. The van der Waals surface area contributed by atoms with Gasteiger partial charge in [-0.3, -0.25) is 4.99 Å². The number of sulfone groups is 1. The Kier molecular flexibility index (Phi) is 9.25. The van der Waals surface area contributed by atoms with Crippen molar-refractivity contribution in [1.29, 1.82) is 0 Å². The lowest BCUT2D eigenvalue weighted by Gasteiger charge is -2.22. The van der Waals surface area contributed by atoms with E-state index in [2.05, 4.69) is 46.4 Å². The highest BCUT2D eigenvalue weighted by Crippen LogP contribution is 2.10. The van der Waals surface area contributed by atoms with Crippen LogP contribution in [0.15, 0.2) is 58.4 Å². The molecule has 0 spiro atoms. The number of nitrogens with zero attached hydrogens (tertiary/aromatic N) is 2. The van der Waals surface area contributed by atoms with Gasteiger partial charge in [0.05, 0.1) is 4.90 Å². The van der Waals surface area contributed by atoms with Crippen molar-refractivity contribution in [3.05, 3.63) is 65.2 Å². The van der Waals surface area contributed by atoms with E-state index in [0.29, 0.717) is 4.90 Å². The Bertz CT molecular complexity index is 848. The standard InChI is InChI=1S/C20H27N3O2S.HI/c1-16-5-7-18(8-6-16)15-23(3)20(21-2)22-14-13-17-9-11-19(12-10-17)26(4,24)25;/h5-12H,13-15H2,1-4H3,(H,21,22);1H. The second-order valence-corrected chi connectivity index (χ2v) is 8.50. The molecule has 1 N–H and O–H groups in total. The van der Waals surface area contributed by atoms with Crippen LogP contribution >= 0.6 is 24.0 Å². The predicted molar refractivity (Wildman–Crippen MR) is 123 cm³/mol. The molecule has 5 nitrogen and oxygen atoms in total. The van der Waals surface area contributed by atoms with Gasteiger partial charge in [-0.05, 0) is 36.6 Å². The zero-order chi connectivity index (χ0) is 19.2. The monoisotopic (exact) mass is 501 g/mol. The van der Waals surface area contributed by atoms with E-state index in [1.54, 1.807) is 19.2 Å². The summed E-state index contributed by atoms with van der Waals surface area (Å²) in [5.41, 5.74) is 3.57. The maximum atomic E-state index is 11.5. The minimum absolute atomic E-state index is 0. The fourth-order valence-corrected chi connectivity index (χ4v) is 3.28. The molecular formula is C20H28IN3O2S. The number of rotatable bonds is 6. The molecule has 2 aromatic carbocycles. The molecule has 0 fully saturated rings. The number of aryl methyl sites for hydroxylation is 1. The van der Waals surface area contributed by atoms with Gasteiger partial charge in [0.15, 0.2) is 15.8 Å². The normalized spacial score (nSPS) is 11.6. The summed E-state index contributed by atoms with van der Waals surface area (Å²) in [6.07, 6.45) is 2.01. The van der Waals surface area contributed by atoms with Crippen molar-refractivity contribution in [3.63, 3.8) is 0 Å². The third-order valence-corrected chi connectivity index (χ3v) is 5.29. The lowest BCUT2D eigenvalue weighted by atomic mass is 10.1. The highest BCUT2D eigenvalue weighted by Gasteiger charge is 2.08. The van der Waals surface area contributed by atoms with Crippen molar-refractivity contribution in [2.24, 2.45) is 4.99 Å². The highest BCUT2D eigenvalue weighted by molar-refractivity contribution is 14.0. The summed E-state index contributed by atoms with van der Waals surface area (Å²) in [5.74, 6) is 0.832. The van der Waals surface area contributed by atoms with E-state index in [1.165, 1.54) is 17.4 Å². The van der Waals surface area contributed by atoms with Gasteiger partial charge in [0.1, 0.15) is 0 Å². The molecule has 7 heteroatoms. The molecule has 0 aliphatic heterocycles. The predicted octanol–water partition coefficient (Wildman–Crippen LogP) is 3.27. The Morgan fingerprint density at radius 2 is 1.59 bits per heavy atom. The van der Waals surface area contributed by atoms with E-state index in [9.17, 15) is 8.42 Å². The van der Waals surface area contributed by atoms with E-state index in [1.807, 2.05) is 19.2 Å². The fourth-order valence-electron chi connectivity index (χ4n) is 2.65. The smallest absolute Gasteiger partial charge is 0.193 e. The average Bonchev–Trinajstić information content (AvgIpc) is 2.60. The first-order valence-corrected chi connectivity index (χ1v) is 10.4. The first-order chi connectivity index (χ1) is 12.3. The summed E-state index contributed by atoms with van der Waals surface area (Å²) >= 11 is 0. The molecule has 2 rings (SSSR count). The maximum Gasteiger partial charge on any atom is 0.193 e. The van der Waals surface area contributed by atoms with E-state index in [4.69, 9.17) is 0 Å². The molecule has 0 unspecified atom stereocenters. The van der Waals surface area contributed by atoms with Gasteiger partial charge in [0.25, 0.3) is 0 Å². The van der Waals surface area contributed by atoms with Crippen LogP contribution in [0.5, 0.6) is 0 Å². The van der Waals surface area contributed by atoms with Crippen LogP contribution in [0.3, 0.4) is 0 Å². The molecule has 148 valence electrons. The Labute approximate surface area is 179 Å². The molecule has 0 radical (unpaired) electrons. The van der Waals surface area contributed by atoms with Crippen molar-refractivity contribution in [2.45, 2.75) is 24.8 Å². The molecule has 0 heterocycles. The Morgan fingerprint density at radius 3 is 2.11 bits per heavy atom. The van der Waals surface area contributed by atoms with Crippen molar-refractivity contribution in [3.8, 4) is 0 Å². The van der Waals surface area contributed by atoms with Crippen LogP contribution < -0.4 is 5.32 Å². The van der Waals surface area contributed by atoms with Gasteiger partial charge in [-0.15, -0.1) is 24.0 Å². The number of benzene rings is 2. The van der Waals surface area contributed by atoms with Gasteiger partial charge in [-0.1, -0.05) is 42.0 Å². The third kappa shape index (κ3) is 7.50.